The number of nitrogens with zero attached hydrogens (tertiary/aromatic N) is 1. The first-order valence-corrected chi connectivity index (χ1v) is 6.65. The van der Waals surface area contributed by atoms with E-state index < -0.39 is 4.92 Å². The van der Waals surface area contributed by atoms with Crippen molar-refractivity contribution >= 4 is 11.6 Å². The van der Waals surface area contributed by atoms with Gasteiger partial charge in [-0.2, -0.15) is 0 Å². The number of fused-ring (bicyclic) bond motifs is 1. The van der Waals surface area contributed by atoms with Gasteiger partial charge in [-0.15, -0.1) is 0 Å². The van der Waals surface area contributed by atoms with Crippen molar-refractivity contribution in [1.29, 1.82) is 0 Å². The van der Waals surface area contributed by atoms with E-state index >= 15 is 0 Å². The Morgan fingerprint density at radius 1 is 1.26 bits per heavy atom. The quantitative estimate of drug-likeness (QED) is 0.666. The molecule has 0 spiro atoms. The Balaban J connectivity index is 1.59. The zero-order chi connectivity index (χ0) is 13.4. The van der Waals surface area contributed by atoms with E-state index in [1.807, 2.05) is 0 Å². The molecule has 19 heavy (non-hydrogen) atoms. The van der Waals surface area contributed by atoms with Crippen LogP contribution in [0.15, 0.2) is 24.3 Å². The predicted molar refractivity (Wildman–Crippen MR) is 69.3 cm³/mol. The minimum absolute atomic E-state index is 0.0466. The molecule has 2 aliphatic carbocycles. The van der Waals surface area contributed by atoms with E-state index in [0.717, 1.165) is 24.7 Å². The topological polar surface area (TPSA) is 72.2 Å². The van der Waals surface area contributed by atoms with Crippen LogP contribution in [0, 0.1) is 27.9 Å². The van der Waals surface area contributed by atoms with Crippen molar-refractivity contribution in [1.82, 2.24) is 5.32 Å². The van der Waals surface area contributed by atoms with Gasteiger partial charge in [-0.3, -0.25) is 14.9 Å². The van der Waals surface area contributed by atoms with E-state index in [2.05, 4.69) is 5.32 Å². The lowest BCUT2D eigenvalue weighted by Crippen LogP contribution is -2.29. The van der Waals surface area contributed by atoms with Crippen LogP contribution in [0.4, 0.5) is 5.69 Å². The van der Waals surface area contributed by atoms with Gasteiger partial charge < -0.3 is 5.32 Å². The van der Waals surface area contributed by atoms with Gasteiger partial charge in [0.2, 0.25) is 5.91 Å². The first-order valence-electron chi connectivity index (χ1n) is 6.65. The summed E-state index contributed by atoms with van der Waals surface area (Å²) >= 11 is 0. The Kier molecular flexibility index (Phi) is 2.97. The van der Waals surface area contributed by atoms with Gasteiger partial charge in [0.05, 0.1) is 4.92 Å². The summed E-state index contributed by atoms with van der Waals surface area (Å²) in [5.41, 5.74) is 0.626. The second-order valence-electron chi connectivity index (χ2n) is 5.53. The molecule has 2 fully saturated rings. The summed E-state index contributed by atoms with van der Waals surface area (Å²) in [6.07, 6.45) is 3.27. The maximum atomic E-state index is 12.0. The molecule has 5 nitrogen and oxygen atoms in total. The molecule has 2 unspecified atom stereocenters. The second-order valence-corrected chi connectivity index (χ2v) is 5.53. The average Bonchev–Trinajstić information content (AvgIpc) is 3.02. The highest BCUT2D eigenvalue weighted by Crippen LogP contribution is 2.54. The number of nitro benzene ring substituents is 1. The molecule has 2 atom stereocenters. The van der Waals surface area contributed by atoms with Gasteiger partial charge in [0.25, 0.3) is 5.69 Å². The van der Waals surface area contributed by atoms with Crippen LogP contribution >= 0.6 is 0 Å². The first-order chi connectivity index (χ1) is 9.15. The summed E-state index contributed by atoms with van der Waals surface area (Å²) in [6, 6.07) is 6.53. The van der Waals surface area contributed by atoms with E-state index in [4.69, 9.17) is 0 Å². The molecule has 1 aromatic rings. The lowest BCUT2D eigenvalue weighted by Gasteiger charge is -2.12. The number of hydrogen-bond acceptors (Lipinski definition) is 3. The van der Waals surface area contributed by atoms with Crippen LogP contribution in [-0.4, -0.2) is 10.8 Å². The number of nitrogens with one attached hydrogen (secondary N) is 1. The van der Waals surface area contributed by atoms with Crippen molar-refractivity contribution in [2.75, 3.05) is 0 Å². The number of para-hydroxylation sites is 1. The van der Waals surface area contributed by atoms with Crippen LogP contribution in [0.25, 0.3) is 0 Å². The van der Waals surface area contributed by atoms with Gasteiger partial charge in [0, 0.05) is 24.1 Å². The monoisotopic (exact) mass is 260 g/mol. The van der Waals surface area contributed by atoms with Crippen molar-refractivity contribution in [3.05, 3.63) is 39.9 Å². The molecule has 1 N–H and O–H groups in total. The van der Waals surface area contributed by atoms with E-state index in [1.54, 1.807) is 18.2 Å². The number of carbonyl (C=O) groups is 1. The van der Waals surface area contributed by atoms with Crippen molar-refractivity contribution in [3.8, 4) is 0 Å². The van der Waals surface area contributed by atoms with Gasteiger partial charge in [-0.05, 0) is 31.1 Å². The largest absolute Gasteiger partial charge is 0.352 e. The van der Waals surface area contributed by atoms with Crippen molar-refractivity contribution in [3.63, 3.8) is 0 Å². The predicted octanol–water partition coefficient (Wildman–Crippen LogP) is 2.26. The first kappa shape index (κ1) is 12.1. The molecule has 0 aliphatic heterocycles. The molecule has 0 aromatic heterocycles. The zero-order valence-corrected chi connectivity index (χ0v) is 10.5. The number of hydrogen-bond donors (Lipinski definition) is 1. The third-order valence-corrected chi connectivity index (χ3v) is 4.26. The van der Waals surface area contributed by atoms with Crippen molar-refractivity contribution in [2.24, 2.45) is 17.8 Å². The molecule has 2 aliphatic rings. The standard InChI is InChI=1S/C14H16N2O3/c17-14(12-6-10-5-11(10)7-12)15-8-9-3-1-2-4-13(9)16(18)19/h1-4,10-12H,5-8H2,(H,15,17). The second kappa shape index (κ2) is 4.64. The number of benzene rings is 1. The molecular formula is C14H16N2O3. The highest BCUT2D eigenvalue weighted by atomic mass is 16.6. The van der Waals surface area contributed by atoms with Crippen LogP contribution in [-0.2, 0) is 11.3 Å². The molecule has 1 aromatic carbocycles. The van der Waals surface area contributed by atoms with Gasteiger partial charge in [-0.25, -0.2) is 0 Å². The molecule has 0 saturated heterocycles. The van der Waals surface area contributed by atoms with E-state index in [9.17, 15) is 14.9 Å². The summed E-state index contributed by atoms with van der Waals surface area (Å²) in [7, 11) is 0. The lowest BCUT2D eigenvalue weighted by molar-refractivity contribution is -0.385. The number of amides is 1. The highest BCUT2D eigenvalue weighted by molar-refractivity contribution is 5.79. The molecule has 2 saturated carbocycles. The lowest BCUT2D eigenvalue weighted by atomic mass is 10.0. The van der Waals surface area contributed by atoms with Crippen molar-refractivity contribution in [2.45, 2.75) is 25.8 Å². The molecule has 100 valence electrons. The maximum absolute atomic E-state index is 12.0. The van der Waals surface area contributed by atoms with Gasteiger partial charge in [-0.1, -0.05) is 18.2 Å². The summed E-state index contributed by atoms with van der Waals surface area (Å²) in [5, 5.41) is 13.7. The van der Waals surface area contributed by atoms with Crippen molar-refractivity contribution < 1.29 is 9.72 Å². The third kappa shape index (κ3) is 2.45. The van der Waals surface area contributed by atoms with Crippen LogP contribution in [0.1, 0.15) is 24.8 Å². The van der Waals surface area contributed by atoms with E-state index in [1.165, 1.54) is 12.5 Å². The minimum Gasteiger partial charge on any atom is -0.352 e. The van der Waals surface area contributed by atoms with Gasteiger partial charge in [0.15, 0.2) is 0 Å². The van der Waals surface area contributed by atoms with Crippen LogP contribution in [0.3, 0.4) is 0 Å². The molecule has 1 amide bonds. The molecule has 3 rings (SSSR count). The Morgan fingerprint density at radius 2 is 1.95 bits per heavy atom. The fraction of sp³-hybridized carbons (Fsp3) is 0.500. The average molecular weight is 260 g/mol. The highest BCUT2D eigenvalue weighted by Gasteiger charge is 2.47. The smallest absolute Gasteiger partial charge is 0.274 e. The number of rotatable bonds is 4. The van der Waals surface area contributed by atoms with Gasteiger partial charge in [0.1, 0.15) is 0 Å². The Bertz CT molecular complexity index is 519. The fourth-order valence-electron chi connectivity index (χ4n) is 3.09. The minimum atomic E-state index is -0.410. The third-order valence-electron chi connectivity index (χ3n) is 4.26. The number of nitro groups is 1. The Labute approximate surface area is 111 Å². The van der Waals surface area contributed by atoms with E-state index in [-0.39, 0.29) is 24.1 Å². The molecule has 5 heteroatoms. The summed E-state index contributed by atoms with van der Waals surface area (Å²) in [5.74, 6) is 1.69. The summed E-state index contributed by atoms with van der Waals surface area (Å²) < 4.78 is 0. The molecule has 0 heterocycles. The normalized spacial score (nSPS) is 27.7. The van der Waals surface area contributed by atoms with E-state index in [0.29, 0.717) is 5.56 Å². The summed E-state index contributed by atoms with van der Waals surface area (Å²) in [4.78, 5) is 22.4. The van der Waals surface area contributed by atoms with Gasteiger partial charge >= 0.3 is 0 Å². The molecule has 0 bridgehead atoms. The Hall–Kier alpha value is -1.91. The summed E-state index contributed by atoms with van der Waals surface area (Å²) in [6.45, 7) is 0.238. The zero-order valence-electron chi connectivity index (χ0n) is 10.5. The molecule has 0 radical (unpaired) electrons. The molecular weight excluding hydrogens is 244 g/mol. The van der Waals surface area contributed by atoms with Crippen LogP contribution in [0.2, 0.25) is 0 Å². The SMILES string of the molecule is O=C(NCc1ccccc1[N+](=O)[O-])C1CC2CC2C1. The van der Waals surface area contributed by atoms with Crippen LogP contribution < -0.4 is 5.32 Å². The maximum Gasteiger partial charge on any atom is 0.274 e. The fourth-order valence-corrected chi connectivity index (χ4v) is 3.09. The van der Waals surface area contributed by atoms with Crippen LogP contribution in [0.5, 0.6) is 0 Å². The number of carbonyl (C=O) groups excluding carboxylic acids is 1. The Morgan fingerprint density at radius 3 is 2.63 bits per heavy atom.